The minimum atomic E-state index is -4.98. The predicted molar refractivity (Wildman–Crippen MR) is 408 cm³/mol. The molecule has 0 spiro atoms. The van der Waals surface area contributed by atoms with Gasteiger partial charge in [-0.2, -0.15) is 0 Å². The Morgan fingerprint density at radius 2 is 0.520 bits per heavy atom. The maximum absolute atomic E-state index is 13.1. The summed E-state index contributed by atoms with van der Waals surface area (Å²) in [6.07, 6.45) is 77.9. The first-order valence-electron chi connectivity index (χ1n) is 39.1. The second-order valence-corrected chi connectivity index (χ2v) is 28.8. The van der Waals surface area contributed by atoms with Gasteiger partial charge in [0, 0.05) is 25.7 Å². The maximum Gasteiger partial charge on any atom is 0.472 e. The highest BCUT2D eigenvalue weighted by Gasteiger charge is 2.30. The summed E-state index contributed by atoms with van der Waals surface area (Å²) >= 11 is 0. The van der Waals surface area contributed by atoms with Crippen LogP contribution in [0.5, 0.6) is 0 Å². The minimum absolute atomic E-state index is 0.0808. The van der Waals surface area contributed by atoms with Crippen molar-refractivity contribution in [2.24, 2.45) is 0 Å². The number of aliphatic hydroxyl groups is 1. The number of ether oxygens (including phenoxy) is 4. The van der Waals surface area contributed by atoms with Crippen molar-refractivity contribution < 1.29 is 80.2 Å². The van der Waals surface area contributed by atoms with Crippen LogP contribution in [0.3, 0.4) is 0 Å². The van der Waals surface area contributed by atoms with Crippen LogP contribution in [0.25, 0.3) is 0 Å². The second kappa shape index (κ2) is 73.0. The first kappa shape index (κ1) is 95.7. The highest BCUT2D eigenvalue weighted by atomic mass is 31.2. The number of hydrogen-bond acceptors (Lipinski definition) is 15. The first-order chi connectivity index (χ1) is 48.7. The van der Waals surface area contributed by atoms with Crippen LogP contribution >= 0.6 is 15.6 Å². The Morgan fingerprint density at radius 1 is 0.290 bits per heavy atom. The summed E-state index contributed by atoms with van der Waals surface area (Å²) in [5.41, 5.74) is 0. The van der Waals surface area contributed by atoms with E-state index >= 15 is 0 Å². The Morgan fingerprint density at radius 3 is 0.820 bits per heavy atom. The lowest BCUT2D eigenvalue weighted by Gasteiger charge is -2.21. The average Bonchev–Trinajstić information content (AvgIpc) is 0.940. The average molecular weight is 1450 g/mol. The van der Waals surface area contributed by atoms with Crippen LogP contribution in [0.4, 0.5) is 0 Å². The molecule has 17 nitrogen and oxygen atoms in total. The molecule has 0 heterocycles. The number of aliphatic hydroxyl groups excluding tert-OH is 1. The summed E-state index contributed by atoms with van der Waals surface area (Å²) < 4.78 is 68.5. The lowest BCUT2D eigenvalue weighted by molar-refractivity contribution is -0.161. The minimum Gasteiger partial charge on any atom is -0.462 e. The van der Waals surface area contributed by atoms with Gasteiger partial charge in [0.1, 0.15) is 19.3 Å². The largest absolute Gasteiger partial charge is 0.472 e. The molecule has 5 unspecified atom stereocenters. The zero-order valence-corrected chi connectivity index (χ0v) is 64.6. The van der Waals surface area contributed by atoms with Crippen molar-refractivity contribution in [2.45, 2.75) is 341 Å². The molecule has 0 aliphatic rings. The van der Waals surface area contributed by atoms with Gasteiger partial charge in [-0.3, -0.25) is 37.3 Å². The molecule has 576 valence electrons. The highest BCUT2D eigenvalue weighted by molar-refractivity contribution is 7.47. The van der Waals surface area contributed by atoms with Gasteiger partial charge in [-0.25, -0.2) is 9.13 Å². The number of allylic oxidation sites excluding steroid dienone is 18. The lowest BCUT2D eigenvalue weighted by Crippen LogP contribution is -2.30. The van der Waals surface area contributed by atoms with Crippen molar-refractivity contribution in [2.75, 3.05) is 39.6 Å². The van der Waals surface area contributed by atoms with Crippen molar-refractivity contribution in [3.63, 3.8) is 0 Å². The molecule has 0 saturated heterocycles. The van der Waals surface area contributed by atoms with E-state index in [-0.39, 0.29) is 25.7 Å². The lowest BCUT2D eigenvalue weighted by atomic mass is 10.1. The SMILES string of the molecule is CC/C=C\C/C=C\C/C=C\C/C=C\CCCCCCCCC(=O)OCC(COP(=O)(O)OCC(O)COP(=O)(O)OCC(COC(=O)CCCCCC/C=C\C/C=C\C/C=C\C/C=C\CC)OC(=O)CCCCCCCCCCCCC)OC(=O)CCCCCCC/C=C\CCCCCC. The van der Waals surface area contributed by atoms with E-state index in [1.165, 1.54) is 64.2 Å². The Bertz CT molecular complexity index is 2320. The van der Waals surface area contributed by atoms with E-state index in [4.69, 9.17) is 37.0 Å². The molecule has 3 N–H and O–H groups in total. The summed E-state index contributed by atoms with van der Waals surface area (Å²) in [5.74, 6) is -2.21. The standard InChI is InChI=1S/C81H140O17P2/c1-5-9-13-17-21-25-29-32-34-36-37-39-41-44-47-50-54-58-62-66-79(84)92-72-77(98-81(86)68-64-60-56-52-48-42-31-27-23-19-15-11-7-3)74-96-100(89,90)94-70-75(82)69-93-99(87,88)95-73-76(97-80(85)67-63-59-55-51-45-28-24-20-16-12-8-4)71-91-78(83)65-61-57-53-49-46-43-40-38-35-33-30-26-22-18-14-10-6-2/h9-10,13-14,21-22,25-27,31-35,37,39-40,43,75-77,82H,5-8,11-12,15-20,23-24,28-30,36,38,41-42,44-74H2,1-4H3,(H,87,88)(H,89,90)/b13-9-,14-10-,25-21-,26-22-,31-27-,34-32-,35-33-,39-37-,43-40-. The third kappa shape index (κ3) is 72.1. The summed E-state index contributed by atoms with van der Waals surface area (Å²) in [5, 5.41) is 10.6. The molecular formula is C81H140O17P2. The molecule has 19 heteroatoms. The van der Waals surface area contributed by atoms with Crippen molar-refractivity contribution >= 4 is 39.5 Å². The van der Waals surface area contributed by atoms with Gasteiger partial charge in [-0.05, 0) is 128 Å². The van der Waals surface area contributed by atoms with Crippen molar-refractivity contribution in [3.05, 3.63) is 109 Å². The number of unbranched alkanes of at least 4 members (excludes halogenated alkanes) is 29. The monoisotopic (exact) mass is 1450 g/mol. The summed E-state index contributed by atoms with van der Waals surface area (Å²) in [6.45, 7) is 4.59. The zero-order valence-electron chi connectivity index (χ0n) is 62.8. The third-order valence-corrected chi connectivity index (χ3v) is 18.1. The van der Waals surface area contributed by atoms with E-state index in [0.717, 1.165) is 180 Å². The molecule has 5 atom stereocenters. The number of esters is 4. The fourth-order valence-corrected chi connectivity index (χ4v) is 11.9. The summed E-state index contributed by atoms with van der Waals surface area (Å²) in [4.78, 5) is 72.9. The molecule has 0 aromatic rings. The van der Waals surface area contributed by atoms with E-state index in [2.05, 4.69) is 137 Å². The number of carbonyl (C=O) groups is 4. The quantitative estimate of drug-likeness (QED) is 0.0169. The number of carbonyl (C=O) groups excluding carboxylic acids is 4. The molecule has 0 aliphatic carbocycles. The molecule has 100 heavy (non-hydrogen) atoms. The Balaban J connectivity index is 5.33. The van der Waals surface area contributed by atoms with Gasteiger partial charge in [-0.1, -0.05) is 278 Å². The molecule has 0 aromatic heterocycles. The van der Waals surface area contributed by atoms with E-state index in [1.54, 1.807) is 0 Å². The fourth-order valence-electron chi connectivity index (χ4n) is 10.3. The predicted octanol–water partition coefficient (Wildman–Crippen LogP) is 22.6. The van der Waals surface area contributed by atoms with Gasteiger partial charge < -0.3 is 33.8 Å². The van der Waals surface area contributed by atoms with Crippen LogP contribution in [0, 0.1) is 0 Å². The Hall–Kier alpha value is -4.28. The van der Waals surface area contributed by atoms with Crippen molar-refractivity contribution in [1.29, 1.82) is 0 Å². The van der Waals surface area contributed by atoms with Gasteiger partial charge in [0.15, 0.2) is 12.2 Å². The topological polar surface area (TPSA) is 237 Å². The Labute approximate surface area is 607 Å². The molecule has 0 amide bonds. The zero-order chi connectivity index (χ0) is 73.2. The maximum atomic E-state index is 13.1. The van der Waals surface area contributed by atoms with Crippen LogP contribution in [0.2, 0.25) is 0 Å². The number of phosphoric acid groups is 2. The molecule has 0 fully saturated rings. The molecule has 0 radical (unpaired) electrons. The van der Waals surface area contributed by atoms with Gasteiger partial charge in [-0.15, -0.1) is 0 Å². The second-order valence-electron chi connectivity index (χ2n) is 25.9. The number of rotatable bonds is 73. The first-order valence-corrected chi connectivity index (χ1v) is 42.1. The third-order valence-electron chi connectivity index (χ3n) is 16.2. The normalized spacial score (nSPS) is 14.5. The van der Waals surface area contributed by atoms with Crippen molar-refractivity contribution in [3.8, 4) is 0 Å². The van der Waals surface area contributed by atoms with Crippen LogP contribution in [-0.2, 0) is 65.4 Å². The van der Waals surface area contributed by atoms with E-state index in [9.17, 15) is 43.2 Å². The molecule has 0 aromatic carbocycles. The van der Waals surface area contributed by atoms with Gasteiger partial charge in [0.05, 0.1) is 26.4 Å². The molecular weight excluding hydrogens is 1310 g/mol. The Kier molecular flexibility index (Phi) is 69.9. The summed E-state index contributed by atoms with van der Waals surface area (Å²) in [7, 11) is -9.96. The molecule has 0 bridgehead atoms. The molecule has 0 saturated carbocycles. The van der Waals surface area contributed by atoms with Gasteiger partial charge in [0.25, 0.3) is 0 Å². The smallest absolute Gasteiger partial charge is 0.462 e. The fraction of sp³-hybridized carbons (Fsp3) is 0.728. The summed E-state index contributed by atoms with van der Waals surface area (Å²) in [6, 6.07) is 0. The van der Waals surface area contributed by atoms with Crippen molar-refractivity contribution in [1.82, 2.24) is 0 Å². The van der Waals surface area contributed by atoms with Crippen LogP contribution in [0.15, 0.2) is 109 Å². The van der Waals surface area contributed by atoms with Crippen LogP contribution in [-0.4, -0.2) is 96.7 Å². The van der Waals surface area contributed by atoms with E-state index in [0.29, 0.717) is 25.7 Å². The number of phosphoric ester groups is 2. The van der Waals surface area contributed by atoms with Gasteiger partial charge >= 0.3 is 39.5 Å². The molecule has 0 rings (SSSR count). The highest BCUT2D eigenvalue weighted by Crippen LogP contribution is 2.45. The van der Waals surface area contributed by atoms with E-state index < -0.39 is 97.5 Å². The number of hydrogen-bond donors (Lipinski definition) is 3. The van der Waals surface area contributed by atoms with Crippen LogP contribution in [0.1, 0.15) is 323 Å². The van der Waals surface area contributed by atoms with E-state index in [1.807, 2.05) is 0 Å². The van der Waals surface area contributed by atoms with Crippen LogP contribution < -0.4 is 0 Å². The van der Waals surface area contributed by atoms with Gasteiger partial charge in [0.2, 0.25) is 0 Å². The molecule has 0 aliphatic heterocycles.